The fourth-order valence-corrected chi connectivity index (χ4v) is 3.28. The van der Waals surface area contributed by atoms with Gasteiger partial charge >= 0.3 is 0 Å². The fraction of sp³-hybridized carbons (Fsp3) is 0.231. The summed E-state index contributed by atoms with van der Waals surface area (Å²) >= 11 is 3.92. The van der Waals surface area contributed by atoms with Gasteiger partial charge in [0.2, 0.25) is 0 Å². The molecule has 0 aliphatic heterocycles. The first-order valence-corrected chi connectivity index (χ1v) is 7.36. The van der Waals surface area contributed by atoms with Gasteiger partial charge in [0.05, 0.1) is 16.0 Å². The molecule has 0 saturated heterocycles. The van der Waals surface area contributed by atoms with Crippen molar-refractivity contribution in [3.63, 3.8) is 0 Å². The maximum atomic E-state index is 14.2. The summed E-state index contributed by atoms with van der Waals surface area (Å²) in [6.07, 6.45) is 0. The number of hydrogen-bond acceptors (Lipinski definition) is 3. The lowest BCUT2D eigenvalue weighted by atomic mass is 10.0. The van der Waals surface area contributed by atoms with E-state index in [-0.39, 0.29) is 17.6 Å². The summed E-state index contributed by atoms with van der Waals surface area (Å²) < 4.78 is 20.4. The summed E-state index contributed by atoms with van der Waals surface area (Å²) in [5.41, 5.74) is 1.67. The average molecular weight is 377 g/mol. The number of rotatable bonds is 4. The van der Waals surface area contributed by atoms with E-state index < -0.39 is 0 Å². The lowest BCUT2D eigenvalue weighted by Crippen LogP contribution is -2.18. The zero-order chi connectivity index (χ0) is 13.1. The van der Waals surface area contributed by atoms with E-state index >= 15 is 0 Å². The van der Waals surface area contributed by atoms with Crippen molar-refractivity contribution in [2.75, 3.05) is 14.2 Å². The first kappa shape index (κ1) is 13.8. The first-order chi connectivity index (χ1) is 8.67. The van der Waals surface area contributed by atoms with Crippen molar-refractivity contribution in [1.82, 2.24) is 5.32 Å². The molecule has 96 valence electrons. The van der Waals surface area contributed by atoms with E-state index in [0.717, 1.165) is 5.56 Å². The molecule has 0 spiro atoms. The Morgan fingerprint density at radius 3 is 2.78 bits per heavy atom. The number of thiophene rings is 1. The molecule has 2 rings (SSSR count). The molecule has 1 atom stereocenters. The van der Waals surface area contributed by atoms with Gasteiger partial charge < -0.3 is 10.1 Å². The summed E-state index contributed by atoms with van der Waals surface area (Å²) in [5.74, 6) is -0.0294. The van der Waals surface area contributed by atoms with Crippen LogP contribution in [0.5, 0.6) is 5.75 Å². The van der Waals surface area contributed by atoms with Gasteiger partial charge in [0.15, 0.2) is 11.6 Å². The lowest BCUT2D eigenvalue weighted by molar-refractivity contribution is 0.382. The van der Waals surface area contributed by atoms with Crippen LogP contribution in [0.4, 0.5) is 4.39 Å². The van der Waals surface area contributed by atoms with Gasteiger partial charge in [-0.1, -0.05) is 12.1 Å². The molecule has 18 heavy (non-hydrogen) atoms. The monoisotopic (exact) mass is 377 g/mol. The highest BCUT2D eigenvalue weighted by molar-refractivity contribution is 14.1. The normalized spacial score (nSPS) is 12.4. The Kier molecular flexibility index (Phi) is 4.58. The highest BCUT2D eigenvalue weighted by atomic mass is 127. The second kappa shape index (κ2) is 5.99. The Balaban J connectivity index is 2.45. The van der Waals surface area contributed by atoms with E-state index in [4.69, 9.17) is 4.74 Å². The van der Waals surface area contributed by atoms with Gasteiger partial charge in [-0.05, 0) is 52.7 Å². The van der Waals surface area contributed by atoms with Crippen molar-refractivity contribution in [3.8, 4) is 5.75 Å². The maximum absolute atomic E-state index is 14.2. The second-order valence-corrected chi connectivity index (χ2v) is 6.57. The van der Waals surface area contributed by atoms with Crippen molar-refractivity contribution in [1.29, 1.82) is 0 Å². The van der Waals surface area contributed by atoms with Crippen molar-refractivity contribution >= 4 is 33.9 Å². The third-order valence-corrected chi connectivity index (χ3v) is 4.54. The SMILES string of the molecule is CNC(c1csc(I)c1)c1cccc(OC)c1F. The highest BCUT2D eigenvalue weighted by Crippen LogP contribution is 2.31. The van der Waals surface area contributed by atoms with E-state index in [0.29, 0.717) is 5.56 Å². The third-order valence-electron chi connectivity index (χ3n) is 2.73. The van der Waals surface area contributed by atoms with Crippen LogP contribution in [0.3, 0.4) is 0 Å². The Labute approximate surface area is 123 Å². The summed E-state index contributed by atoms with van der Waals surface area (Å²) in [5, 5.41) is 5.19. The molecule has 0 saturated carbocycles. The topological polar surface area (TPSA) is 21.3 Å². The first-order valence-electron chi connectivity index (χ1n) is 5.41. The van der Waals surface area contributed by atoms with Crippen LogP contribution < -0.4 is 10.1 Å². The number of ether oxygens (including phenoxy) is 1. The minimum atomic E-state index is -0.305. The molecule has 1 heterocycles. The summed E-state index contributed by atoms with van der Waals surface area (Å²) in [6, 6.07) is 7.12. The molecule has 1 aromatic heterocycles. The van der Waals surface area contributed by atoms with Gasteiger partial charge in [0.1, 0.15) is 0 Å². The molecule has 0 aliphatic rings. The Morgan fingerprint density at radius 2 is 2.22 bits per heavy atom. The molecule has 0 radical (unpaired) electrons. The molecule has 0 bridgehead atoms. The Morgan fingerprint density at radius 1 is 1.44 bits per heavy atom. The average Bonchev–Trinajstić information content (AvgIpc) is 2.79. The predicted molar refractivity (Wildman–Crippen MR) is 80.9 cm³/mol. The van der Waals surface area contributed by atoms with E-state index in [1.54, 1.807) is 29.5 Å². The van der Waals surface area contributed by atoms with Gasteiger partial charge in [-0.2, -0.15) is 0 Å². The molecule has 0 amide bonds. The second-order valence-electron chi connectivity index (χ2n) is 3.77. The van der Waals surface area contributed by atoms with Crippen molar-refractivity contribution in [2.24, 2.45) is 0 Å². The minimum absolute atomic E-state index is 0.153. The molecule has 1 N–H and O–H groups in total. The van der Waals surface area contributed by atoms with Crippen molar-refractivity contribution in [3.05, 3.63) is 49.5 Å². The van der Waals surface area contributed by atoms with E-state index in [2.05, 4.69) is 34.0 Å². The van der Waals surface area contributed by atoms with Gasteiger partial charge in [-0.15, -0.1) is 11.3 Å². The number of benzene rings is 1. The molecule has 2 aromatic rings. The fourth-order valence-electron chi connectivity index (χ4n) is 1.88. The summed E-state index contributed by atoms with van der Waals surface area (Å²) in [7, 11) is 3.30. The molecule has 0 aliphatic carbocycles. The van der Waals surface area contributed by atoms with Gasteiger partial charge in [0, 0.05) is 5.56 Å². The van der Waals surface area contributed by atoms with E-state index in [1.165, 1.54) is 9.99 Å². The van der Waals surface area contributed by atoms with Crippen LogP contribution in [-0.4, -0.2) is 14.2 Å². The number of nitrogens with one attached hydrogen (secondary N) is 1. The highest BCUT2D eigenvalue weighted by Gasteiger charge is 2.19. The van der Waals surface area contributed by atoms with Gasteiger partial charge in [0.25, 0.3) is 0 Å². The zero-order valence-corrected chi connectivity index (χ0v) is 13.0. The van der Waals surface area contributed by atoms with Crippen LogP contribution in [0, 0.1) is 8.70 Å². The summed E-state index contributed by atoms with van der Waals surface area (Å²) in [6.45, 7) is 0. The largest absolute Gasteiger partial charge is 0.494 e. The summed E-state index contributed by atoms with van der Waals surface area (Å²) in [4.78, 5) is 0. The lowest BCUT2D eigenvalue weighted by Gasteiger charge is -2.17. The Bertz CT molecular complexity index is 544. The predicted octanol–water partition coefficient (Wildman–Crippen LogP) is 3.81. The van der Waals surface area contributed by atoms with Crippen LogP contribution >= 0.6 is 33.9 Å². The quantitative estimate of drug-likeness (QED) is 0.819. The van der Waals surface area contributed by atoms with Crippen LogP contribution in [-0.2, 0) is 0 Å². The molecule has 2 nitrogen and oxygen atoms in total. The maximum Gasteiger partial charge on any atom is 0.170 e. The number of methoxy groups -OCH3 is 1. The molecule has 0 fully saturated rings. The van der Waals surface area contributed by atoms with Crippen molar-refractivity contribution < 1.29 is 9.13 Å². The van der Waals surface area contributed by atoms with Crippen LogP contribution in [0.2, 0.25) is 0 Å². The smallest absolute Gasteiger partial charge is 0.170 e. The van der Waals surface area contributed by atoms with Crippen LogP contribution in [0.25, 0.3) is 0 Å². The molecule has 1 unspecified atom stereocenters. The molecule has 5 heteroatoms. The zero-order valence-electron chi connectivity index (χ0n) is 10.0. The Hall–Kier alpha value is -0.660. The van der Waals surface area contributed by atoms with Gasteiger partial charge in [-0.25, -0.2) is 4.39 Å². The molecular weight excluding hydrogens is 364 g/mol. The van der Waals surface area contributed by atoms with Crippen molar-refractivity contribution in [2.45, 2.75) is 6.04 Å². The van der Waals surface area contributed by atoms with Crippen LogP contribution in [0.15, 0.2) is 29.6 Å². The molecule has 1 aromatic carbocycles. The number of hydrogen-bond donors (Lipinski definition) is 1. The third kappa shape index (κ3) is 2.67. The van der Waals surface area contributed by atoms with E-state index in [1.807, 2.05) is 12.4 Å². The molecular formula is C13H13FINOS. The number of halogens is 2. The van der Waals surface area contributed by atoms with E-state index in [9.17, 15) is 4.39 Å². The minimum Gasteiger partial charge on any atom is -0.494 e. The standard InChI is InChI=1S/C13H13FINOS/c1-16-13(8-6-11(15)18-7-8)9-4-3-5-10(17-2)12(9)14/h3-7,13,16H,1-2H3. The van der Waals surface area contributed by atoms with Gasteiger partial charge in [-0.3, -0.25) is 0 Å². The van der Waals surface area contributed by atoms with Crippen LogP contribution in [0.1, 0.15) is 17.2 Å².